The summed E-state index contributed by atoms with van der Waals surface area (Å²) in [7, 11) is 0. The van der Waals surface area contributed by atoms with E-state index >= 15 is 0 Å². The summed E-state index contributed by atoms with van der Waals surface area (Å²) in [6, 6.07) is 15.8. The number of nitrogens with zero attached hydrogens (tertiary/aromatic N) is 1. The number of carbonyl (C=O) groups excluding carboxylic acids is 1. The summed E-state index contributed by atoms with van der Waals surface area (Å²) >= 11 is 6.25. The van der Waals surface area contributed by atoms with E-state index < -0.39 is 0 Å². The molecule has 2 atom stereocenters. The number of ether oxygens (including phenoxy) is 1. The number of anilines is 2. The Hall–Kier alpha value is -2.04. The van der Waals surface area contributed by atoms with Crippen molar-refractivity contribution >= 4 is 28.9 Å². The van der Waals surface area contributed by atoms with Crippen LogP contribution < -0.4 is 10.2 Å². The summed E-state index contributed by atoms with van der Waals surface area (Å²) in [5, 5.41) is 3.81. The molecule has 1 aliphatic carbocycles. The Labute approximate surface area is 152 Å². The molecule has 1 heterocycles. The molecule has 2 aromatic carbocycles. The Morgan fingerprint density at radius 1 is 1.12 bits per heavy atom. The fourth-order valence-corrected chi connectivity index (χ4v) is 3.72. The lowest BCUT2D eigenvalue weighted by molar-refractivity contribution is -0.117. The fourth-order valence-electron chi connectivity index (χ4n) is 3.44. The molecule has 4 nitrogen and oxygen atoms in total. The largest absolute Gasteiger partial charge is 0.378 e. The number of hydrogen-bond acceptors (Lipinski definition) is 3. The Morgan fingerprint density at radius 3 is 2.72 bits per heavy atom. The van der Waals surface area contributed by atoms with Crippen LogP contribution in [0.2, 0.25) is 5.02 Å². The number of nitrogens with one attached hydrogen (secondary N) is 1. The summed E-state index contributed by atoms with van der Waals surface area (Å²) in [4.78, 5) is 14.9. The molecule has 2 aromatic rings. The zero-order chi connectivity index (χ0) is 17.2. The SMILES string of the molecule is O=C(Nc1cccc(N2CCOCC2)c1)C1CC1c1ccccc1Cl. The van der Waals surface area contributed by atoms with Crippen LogP contribution in [0.4, 0.5) is 11.4 Å². The molecule has 5 heteroatoms. The van der Waals surface area contributed by atoms with Crippen molar-refractivity contribution in [3.05, 3.63) is 59.1 Å². The summed E-state index contributed by atoms with van der Waals surface area (Å²) in [5.41, 5.74) is 3.05. The van der Waals surface area contributed by atoms with Gasteiger partial charge in [-0.3, -0.25) is 4.79 Å². The second-order valence-corrected chi connectivity index (χ2v) is 7.02. The molecule has 0 aromatic heterocycles. The highest BCUT2D eigenvalue weighted by molar-refractivity contribution is 6.31. The number of amides is 1. The summed E-state index contributed by atoms with van der Waals surface area (Å²) in [6.45, 7) is 3.26. The van der Waals surface area contributed by atoms with Gasteiger partial charge in [-0.25, -0.2) is 0 Å². The predicted molar refractivity (Wildman–Crippen MR) is 100 cm³/mol. The van der Waals surface area contributed by atoms with Crippen LogP contribution in [-0.4, -0.2) is 32.2 Å². The van der Waals surface area contributed by atoms with Crippen LogP contribution in [0.1, 0.15) is 17.9 Å². The first kappa shape index (κ1) is 16.4. The third-order valence-electron chi connectivity index (χ3n) is 4.92. The van der Waals surface area contributed by atoms with Gasteiger partial charge < -0.3 is 15.0 Å². The molecule has 2 aliphatic rings. The third kappa shape index (κ3) is 3.65. The average molecular weight is 357 g/mol. The Balaban J connectivity index is 1.41. The monoisotopic (exact) mass is 356 g/mol. The van der Waals surface area contributed by atoms with Crippen molar-refractivity contribution in [2.24, 2.45) is 5.92 Å². The smallest absolute Gasteiger partial charge is 0.228 e. The lowest BCUT2D eigenvalue weighted by Gasteiger charge is -2.29. The summed E-state index contributed by atoms with van der Waals surface area (Å²) in [6.07, 6.45) is 0.860. The molecule has 2 unspecified atom stereocenters. The lowest BCUT2D eigenvalue weighted by atomic mass is 10.1. The van der Waals surface area contributed by atoms with E-state index in [2.05, 4.69) is 16.3 Å². The first-order valence-electron chi connectivity index (χ1n) is 8.70. The van der Waals surface area contributed by atoms with Gasteiger partial charge in [0.1, 0.15) is 0 Å². The van der Waals surface area contributed by atoms with Gasteiger partial charge in [-0.05, 0) is 42.2 Å². The minimum Gasteiger partial charge on any atom is -0.378 e. The Morgan fingerprint density at radius 2 is 1.92 bits per heavy atom. The zero-order valence-electron chi connectivity index (χ0n) is 14.0. The molecule has 1 N–H and O–H groups in total. The molecular weight excluding hydrogens is 336 g/mol. The Bertz CT molecular complexity index is 774. The standard InChI is InChI=1S/C20H21ClN2O2/c21-19-7-2-1-6-16(19)17-13-18(17)20(24)22-14-4-3-5-15(12-14)23-8-10-25-11-9-23/h1-7,12,17-18H,8-11,13H2,(H,22,24). The molecule has 0 bridgehead atoms. The number of benzene rings is 2. The molecule has 0 spiro atoms. The van der Waals surface area contributed by atoms with Crippen LogP contribution in [0, 0.1) is 5.92 Å². The molecule has 1 saturated heterocycles. The molecule has 1 saturated carbocycles. The van der Waals surface area contributed by atoms with Crippen LogP contribution >= 0.6 is 11.6 Å². The van der Waals surface area contributed by atoms with Crippen LogP contribution in [0.5, 0.6) is 0 Å². The van der Waals surface area contributed by atoms with Crippen molar-refractivity contribution in [2.75, 3.05) is 36.5 Å². The topological polar surface area (TPSA) is 41.6 Å². The first-order chi connectivity index (χ1) is 12.2. The van der Waals surface area contributed by atoms with Gasteiger partial charge >= 0.3 is 0 Å². The number of hydrogen-bond donors (Lipinski definition) is 1. The van der Waals surface area contributed by atoms with E-state index in [9.17, 15) is 4.79 Å². The predicted octanol–water partition coefficient (Wildman–Crippen LogP) is 3.92. The molecule has 2 fully saturated rings. The van der Waals surface area contributed by atoms with Crippen molar-refractivity contribution in [1.29, 1.82) is 0 Å². The average Bonchev–Trinajstić information content (AvgIpc) is 3.44. The van der Waals surface area contributed by atoms with Crippen LogP contribution in [-0.2, 0) is 9.53 Å². The van der Waals surface area contributed by atoms with Gasteiger partial charge in [-0.2, -0.15) is 0 Å². The molecule has 1 amide bonds. The van der Waals surface area contributed by atoms with Gasteiger partial charge in [-0.1, -0.05) is 35.9 Å². The summed E-state index contributed by atoms with van der Waals surface area (Å²) in [5.74, 6) is 0.312. The van der Waals surface area contributed by atoms with E-state index in [4.69, 9.17) is 16.3 Å². The molecule has 4 rings (SSSR count). The van der Waals surface area contributed by atoms with E-state index in [0.717, 1.165) is 54.7 Å². The van der Waals surface area contributed by atoms with E-state index in [1.807, 2.05) is 42.5 Å². The molecule has 0 radical (unpaired) electrons. The molecular formula is C20H21ClN2O2. The first-order valence-corrected chi connectivity index (χ1v) is 9.08. The minimum atomic E-state index is 0.00643. The van der Waals surface area contributed by atoms with E-state index in [-0.39, 0.29) is 17.7 Å². The maximum atomic E-state index is 12.6. The van der Waals surface area contributed by atoms with Crippen molar-refractivity contribution in [1.82, 2.24) is 0 Å². The van der Waals surface area contributed by atoms with Crippen molar-refractivity contribution in [3.8, 4) is 0 Å². The maximum absolute atomic E-state index is 12.6. The highest BCUT2D eigenvalue weighted by atomic mass is 35.5. The molecule has 130 valence electrons. The van der Waals surface area contributed by atoms with Crippen LogP contribution in [0.25, 0.3) is 0 Å². The maximum Gasteiger partial charge on any atom is 0.228 e. The third-order valence-corrected chi connectivity index (χ3v) is 5.27. The van der Waals surface area contributed by atoms with E-state index in [0.29, 0.717) is 0 Å². The quantitative estimate of drug-likeness (QED) is 0.902. The Kier molecular flexibility index (Phi) is 4.64. The highest BCUT2D eigenvalue weighted by Gasteiger charge is 2.44. The van der Waals surface area contributed by atoms with Gasteiger partial charge in [0.25, 0.3) is 0 Å². The molecule has 1 aliphatic heterocycles. The fraction of sp³-hybridized carbons (Fsp3) is 0.350. The number of carbonyl (C=O) groups is 1. The van der Waals surface area contributed by atoms with E-state index in [1.54, 1.807) is 0 Å². The van der Waals surface area contributed by atoms with Crippen LogP contribution in [0.3, 0.4) is 0 Å². The summed E-state index contributed by atoms with van der Waals surface area (Å²) < 4.78 is 5.40. The highest BCUT2D eigenvalue weighted by Crippen LogP contribution is 2.50. The number of morpholine rings is 1. The zero-order valence-corrected chi connectivity index (χ0v) is 14.7. The lowest BCUT2D eigenvalue weighted by Crippen LogP contribution is -2.36. The van der Waals surface area contributed by atoms with Gasteiger partial charge in [0, 0.05) is 35.4 Å². The number of rotatable bonds is 4. The normalized spacial score (nSPS) is 22.5. The van der Waals surface area contributed by atoms with Gasteiger partial charge in [0.15, 0.2) is 0 Å². The minimum absolute atomic E-state index is 0.00643. The van der Waals surface area contributed by atoms with Crippen molar-refractivity contribution in [3.63, 3.8) is 0 Å². The second-order valence-electron chi connectivity index (χ2n) is 6.61. The van der Waals surface area contributed by atoms with Gasteiger partial charge in [0.2, 0.25) is 5.91 Å². The number of halogens is 1. The second kappa shape index (κ2) is 7.06. The van der Waals surface area contributed by atoms with E-state index in [1.165, 1.54) is 0 Å². The van der Waals surface area contributed by atoms with Gasteiger partial charge in [0.05, 0.1) is 13.2 Å². The van der Waals surface area contributed by atoms with Crippen molar-refractivity contribution in [2.45, 2.75) is 12.3 Å². The van der Waals surface area contributed by atoms with Crippen molar-refractivity contribution < 1.29 is 9.53 Å². The van der Waals surface area contributed by atoms with Gasteiger partial charge in [-0.15, -0.1) is 0 Å². The molecule has 25 heavy (non-hydrogen) atoms. The van der Waals surface area contributed by atoms with Crippen LogP contribution in [0.15, 0.2) is 48.5 Å².